The number of hydrogen-bond donors (Lipinski definition) is 4. The molecule has 778 valence electrons. The number of rotatable bonds is 39. The van der Waals surface area contributed by atoms with E-state index in [4.69, 9.17) is 47.4 Å². The largest absolute Gasteiger partial charge is 0.494 e. The zero-order valence-electron chi connectivity index (χ0n) is 84.7. The number of nitrogens with one attached hydrogen (secondary N) is 4. The summed E-state index contributed by atoms with van der Waals surface area (Å²) in [6.07, 6.45) is 11.3. The van der Waals surface area contributed by atoms with Crippen molar-refractivity contribution in [3.05, 3.63) is 218 Å². The van der Waals surface area contributed by atoms with Gasteiger partial charge in [-0.15, -0.1) is 86.1 Å². The molecule has 4 N–H and O–H groups in total. The van der Waals surface area contributed by atoms with Crippen LogP contribution in [0.15, 0.2) is 151 Å². The van der Waals surface area contributed by atoms with Gasteiger partial charge in [0.2, 0.25) is 63.9 Å². The fourth-order valence-electron chi connectivity index (χ4n) is 14.6. The summed E-state index contributed by atoms with van der Waals surface area (Å²) in [6.45, 7) is 26.8. The standard InChI is InChI=1S/C24H29N7O5S2.C24H28N6O5S2.2C23H27N7O4S2/c1-7-36-20(21-25-11-14(2)12-26-21)16(4)38(32,33)30-24-29-28-22(23-27-15(3)13-37-23)31(24)19-17(34-5)9-8-10-18(19)35-6;1-14-12-25-22(26-13-14)21(35-6)16(3)37(31,32)29-24-28-27-23(19-11-10-15(2)36-19)30(24)20-17(33-4)8-7-9-18(20)34-5;2*1-13-10-24-20(25-11-13)15(3)16(4)36(31,32)29-23-28-27-21(22-26-14(2)12-35-22)30(23)19-17(33-5)8-7-9-18(19)34-6/h8-13,16,20H,7H2,1-6H3,(H,29,30);7-13,16,21H,1-6H3,(H,28,29);2*7-12,15-16H,1-6H3,(H,28,29)/t16-,20-;16-,21-;2*15-,16-/m0000/s1. The number of sulfonamides is 4. The van der Waals surface area contributed by atoms with Gasteiger partial charge in [-0.05, 0) is 173 Å². The van der Waals surface area contributed by atoms with Gasteiger partial charge in [-0.1, -0.05) is 38.1 Å². The van der Waals surface area contributed by atoms with Gasteiger partial charge in [0.1, 0.15) is 103 Å². The zero-order chi connectivity index (χ0) is 106. The summed E-state index contributed by atoms with van der Waals surface area (Å²) in [4.78, 5) is 49.7. The fraction of sp³-hybridized carbons (Fsp3) is 0.351. The number of thiophene rings is 1. The number of benzene rings is 4. The second-order valence-electron chi connectivity index (χ2n) is 33.1. The Hall–Kier alpha value is -14.3. The molecule has 0 saturated heterocycles. The summed E-state index contributed by atoms with van der Waals surface area (Å²) in [5.41, 5.74) is 7.63. The van der Waals surface area contributed by atoms with E-state index in [-0.39, 0.29) is 42.0 Å². The SMILES string of the molecule is CCO[C@H](c1ncc(C)cn1)[C@H](C)S(=O)(=O)Nc1nnc(-c2nc(C)cs2)n1-c1c(OC)cccc1OC.COc1cccc(OC)c1-n1c(NS(=O)(=O)[C@@H](C)[C@H](C)c2ncc(C)cn2)nnc1-c1nc(C)cs1.COc1cccc(OC)c1-n1c(NS(=O)(=O)[C@@H](C)[C@H](C)c2ncc(C)cn2)nnc1-c1nc(C)cs1.COc1cccc(OC)c1-n1c(NS(=O)(=O)[C@@H](C)[C@H](OC)c2ncc(C)cn2)nnc1-c1ccc(C)s1. The van der Waals surface area contributed by atoms with Crippen molar-refractivity contribution < 1.29 is 81.0 Å². The quantitative estimate of drug-likeness (QED) is 0.0278. The average molecular weight is 2160 g/mol. The van der Waals surface area contributed by atoms with E-state index < -0.39 is 85.1 Å². The Labute approximate surface area is 866 Å². The molecule has 147 heavy (non-hydrogen) atoms. The Kier molecular flexibility index (Phi) is 35.8. The second kappa shape index (κ2) is 47.9. The Morgan fingerprint density at radius 2 is 0.558 bits per heavy atom. The highest BCUT2D eigenvalue weighted by Crippen LogP contribution is 2.46. The Morgan fingerprint density at radius 1 is 0.313 bits per heavy atom. The lowest BCUT2D eigenvalue weighted by Gasteiger charge is -2.23. The van der Waals surface area contributed by atoms with E-state index in [2.05, 4.69) is 115 Å². The molecule has 0 aliphatic carbocycles. The van der Waals surface area contributed by atoms with Gasteiger partial charge in [0.05, 0.1) is 72.3 Å². The van der Waals surface area contributed by atoms with Crippen LogP contribution in [0, 0.1) is 55.4 Å². The molecule has 0 unspecified atom stereocenters. The molecule has 16 aromatic rings. The molecular weight excluding hydrogens is 2050 g/mol. The number of methoxy groups -OCH3 is 9. The van der Waals surface area contributed by atoms with E-state index in [9.17, 15) is 33.7 Å². The maximum absolute atomic E-state index is 13.7. The van der Waals surface area contributed by atoms with Gasteiger partial charge in [-0.3, -0.25) is 37.2 Å². The summed E-state index contributed by atoms with van der Waals surface area (Å²) in [5.74, 6) is 5.23. The number of hydrogen-bond acceptors (Lipinski definition) is 41. The van der Waals surface area contributed by atoms with E-state index in [1.807, 2.05) is 83.7 Å². The Bertz CT molecular complexity index is 7410. The summed E-state index contributed by atoms with van der Waals surface area (Å²) < 4.78 is 181. The van der Waals surface area contributed by atoms with Crippen LogP contribution in [0.5, 0.6) is 46.0 Å². The molecule has 0 spiro atoms. The van der Waals surface area contributed by atoms with Crippen LogP contribution in [-0.4, -0.2) is 239 Å². The van der Waals surface area contributed by atoms with Crippen LogP contribution < -0.4 is 56.8 Å². The van der Waals surface area contributed by atoms with Gasteiger partial charge >= 0.3 is 0 Å². The van der Waals surface area contributed by atoms with E-state index in [1.54, 1.807) is 171 Å². The lowest BCUT2D eigenvalue weighted by molar-refractivity contribution is 0.0557. The fourth-order valence-corrected chi connectivity index (χ4v) is 22.4. The van der Waals surface area contributed by atoms with E-state index in [0.717, 1.165) is 49.1 Å². The first-order valence-electron chi connectivity index (χ1n) is 45.1. The lowest BCUT2D eigenvalue weighted by atomic mass is 10.1. The lowest BCUT2D eigenvalue weighted by Crippen LogP contribution is -2.34. The van der Waals surface area contributed by atoms with Crippen LogP contribution >= 0.6 is 45.3 Å². The molecular formula is C94H111N27O18S8. The number of anilines is 4. The highest BCUT2D eigenvalue weighted by molar-refractivity contribution is 7.94. The molecule has 12 aromatic heterocycles. The molecule has 0 radical (unpaired) electrons. The smallest absolute Gasteiger partial charge is 0.243 e. The van der Waals surface area contributed by atoms with Crippen LogP contribution in [0.4, 0.5) is 23.8 Å². The summed E-state index contributed by atoms with van der Waals surface area (Å²) in [7, 11) is -2.53. The van der Waals surface area contributed by atoms with Crippen molar-refractivity contribution in [3.8, 4) is 112 Å². The third-order valence-corrected chi connectivity index (χ3v) is 33.8. The van der Waals surface area contributed by atoms with E-state index in [1.165, 1.54) is 128 Å². The van der Waals surface area contributed by atoms with Gasteiger partial charge in [0.15, 0.2) is 50.0 Å². The number of aromatic nitrogens is 23. The van der Waals surface area contributed by atoms with Crippen molar-refractivity contribution in [2.75, 3.05) is 89.5 Å². The van der Waals surface area contributed by atoms with Gasteiger partial charge in [-0.25, -0.2) is 88.5 Å². The highest BCUT2D eigenvalue weighted by Gasteiger charge is 2.41. The number of nitrogens with zero attached hydrogens (tertiary/aromatic N) is 23. The molecule has 0 saturated carbocycles. The molecule has 8 atom stereocenters. The topological polar surface area (TPSA) is 542 Å². The number of para-hydroxylation sites is 4. The van der Waals surface area contributed by atoms with Crippen LogP contribution in [0.1, 0.15) is 140 Å². The molecule has 4 aromatic carbocycles. The van der Waals surface area contributed by atoms with Crippen LogP contribution in [-0.2, 0) is 49.6 Å². The van der Waals surface area contributed by atoms with E-state index in [0.29, 0.717) is 119 Å². The van der Waals surface area contributed by atoms with Crippen molar-refractivity contribution in [2.24, 2.45) is 0 Å². The van der Waals surface area contributed by atoms with Gasteiger partial charge < -0.3 is 47.4 Å². The van der Waals surface area contributed by atoms with Crippen LogP contribution in [0.2, 0.25) is 0 Å². The minimum Gasteiger partial charge on any atom is -0.494 e. The normalized spacial score (nSPS) is 13.3. The van der Waals surface area contributed by atoms with Crippen molar-refractivity contribution in [1.29, 1.82) is 0 Å². The average Bonchev–Trinajstić information content (AvgIpc) is 1.64. The molecule has 0 bridgehead atoms. The molecule has 0 aliphatic heterocycles. The minimum absolute atomic E-state index is 0.0236. The van der Waals surface area contributed by atoms with Crippen molar-refractivity contribution in [3.63, 3.8) is 0 Å². The number of aryl methyl sites for hydroxylation is 8. The number of ether oxygens (including phenoxy) is 10. The predicted molar refractivity (Wildman–Crippen MR) is 559 cm³/mol. The summed E-state index contributed by atoms with van der Waals surface area (Å²) in [6, 6.07) is 24.9. The Balaban J connectivity index is 0.000000164. The molecule has 45 nitrogen and oxygen atoms in total. The maximum Gasteiger partial charge on any atom is 0.243 e. The van der Waals surface area contributed by atoms with E-state index >= 15 is 0 Å². The monoisotopic (exact) mass is 2160 g/mol. The van der Waals surface area contributed by atoms with Gasteiger partial charge in [0, 0.05) is 113 Å². The predicted octanol–water partition coefficient (Wildman–Crippen LogP) is 15.2. The summed E-state index contributed by atoms with van der Waals surface area (Å²) in [5, 5.41) is 37.3. The van der Waals surface area contributed by atoms with Gasteiger partial charge in [-0.2, -0.15) is 0 Å². The molecule has 0 aliphatic rings. The Morgan fingerprint density at radius 3 is 0.796 bits per heavy atom. The molecule has 16 rings (SSSR count). The first-order chi connectivity index (χ1) is 70.2. The highest BCUT2D eigenvalue weighted by atomic mass is 32.2. The van der Waals surface area contributed by atoms with Gasteiger partial charge in [0.25, 0.3) is 0 Å². The maximum atomic E-state index is 13.7. The third-order valence-electron chi connectivity index (χ3n) is 22.8. The van der Waals surface area contributed by atoms with Crippen molar-refractivity contribution in [1.82, 2.24) is 114 Å². The molecule has 0 amide bonds. The second-order valence-corrected chi connectivity index (χ2v) is 45.1. The first kappa shape index (κ1) is 110. The van der Waals surface area contributed by atoms with Crippen LogP contribution in [0.3, 0.4) is 0 Å². The molecule has 12 heterocycles. The summed E-state index contributed by atoms with van der Waals surface area (Å²) >= 11 is 5.60. The molecule has 53 heteroatoms. The minimum atomic E-state index is -4.10. The molecule has 0 fully saturated rings. The third kappa shape index (κ3) is 24.8. The first-order valence-corrected chi connectivity index (χ1v) is 54.7. The zero-order valence-corrected chi connectivity index (χ0v) is 91.2. The van der Waals surface area contributed by atoms with Crippen LogP contribution in [0.25, 0.3) is 65.9 Å². The van der Waals surface area contributed by atoms with Crippen molar-refractivity contribution >= 4 is 109 Å². The van der Waals surface area contributed by atoms with Crippen molar-refractivity contribution in [2.45, 2.75) is 149 Å². The number of thiazole rings is 3.